The van der Waals surface area contributed by atoms with E-state index >= 15 is 0 Å². The molecule has 1 atom stereocenters. The number of hydrogen-bond acceptors (Lipinski definition) is 5. The van der Waals surface area contributed by atoms with Gasteiger partial charge in [-0.1, -0.05) is 12.1 Å². The molecule has 0 saturated carbocycles. The number of hydrogen-bond donors (Lipinski definition) is 3. The molecule has 1 amide bonds. The Bertz CT molecular complexity index is 707. The van der Waals surface area contributed by atoms with Gasteiger partial charge >= 0.3 is 0 Å². The molecule has 0 aliphatic carbocycles. The van der Waals surface area contributed by atoms with Crippen LogP contribution in [0.25, 0.3) is 0 Å². The Kier molecular flexibility index (Phi) is 12.9. The van der Waals surface area contributed by atoms with Crippen molar-refractivity contribution in [2.45, 2.75) is 44.8 Å². The molecule has 32 heavy (non-hydrogen) atoms. The van der Waals surface area contributed by atoms with Crippen LogP contribution in [0.15, 0.2) is 29.3 Å². The van der Waals surface area contributed by atoms with Crippen molar-refractivity contribution in [1.82, 2.24) is 10.6 Å². The topological polar surface area (TPSA) is 93.2 Å². The lowest BCUT2D eigenvalue weighted by molar-refractivity contribution is -0.124. The standard InChI is InChI=1S/C23H36N4O4.HI/c1-24-23(25-10-4-11-30-17-18-8-13-29-14-9-18)26-16-19-5-2-6-20(15-19)27-22(28)21-7-3-12-31-21;/h2,5-6,15,18,21H,3-4,7-14,16-17H2,1H3,(H,27,28)(H2,24,25,26);1H. The molecule has 2 heterocycles. The highest BCUT2D eigenvalue weighted by Gasteiger charge is 2.23. The summed E-state index contributed by atoms with van der Waals surface area (Å²) in [6, 6.07) is 7.82. The van der Waals surface area contributed by atoms with Gasteiger partial charge < -0.3 is 30.2 Å². The highest BCUT2D eigenvalue weighted by atomic mass is 127. The Morgan fingerprint density at radius 3 is 2.78 bits per heavy atom. The van der Waals surface area contributed by atoms with Crippen LogP contribution < -0.4 is 16.0 Å². The molecule has 2 aliphatic heterocycles. The highest BCUT2D eigenvalue weighted by molar-refractivity contribution is 14.0. The first-order valence-corrected chi connectivity index (χ1v) is 11.4. The van der Waals surface area contributed by atoms with Crippen LogP contribution in [0.1, 0.15) is 37.7 Å². The minimum atomic E-state index is -0.328. The number of rotatable bonds is 10. The molecule has 0 spiro atoms. The van der Waals surface area contributed by atoms with Gasteiger partial charge in [-0.2, -0.15) is 0 Å². The largest absolute Gasteiger partial charge is 0.381 e. The number of nitrogens with one attached hydrogen (secondary N) is 3. The van der Waals surface area contributed by atoms with Crippen molar-refractivity contribution in [2.24, 2.45) is 10.9 Å². The molecular formula is C23H37IN4O4. The van der Waals surface area contributed by atoms with E-state index in [0.29, 0.717) is 19.1 Å². The van der Waals surface area contributed by atoms with Crippen molar-refractivity contribution in [3.05, 3.63) is 29.8 Å². The number of halogens is 1. The fourth-order valence-corrected chi connectivity index (χ4v) is 3.72. The smallest absolute Gasteiger partial charge is 0.253 e. The third-order valence-corrected chi connectivity index (χ3v) is 5.55. The molecule has 3 N–H and O–H groups in total. The third-order valence-electron chi connectivity index (χ3n) is 5.55. The van der Waals surface area contributed by atoms with Crippen LogP contribution in [0.3, 0.4) is 0 Å². The van der Waals surface area contributed by atoms with Gasteiger partial charge in [-0.3, -0.25) is 9.79 Å². The van der Waals surface area contributed by atoms with Gasteiger partial charge in [0.2, 0.25) is 0 Å². The second-order valence-electron chi connectivity index (χ2n) is 8.03. The number of nitrogens with zero attached hydrogens (tertiary/aromatic N) is 1. The van der Waals surface area contributed by atoms with E-state index in [2.05, 4.69) is 20.9 Å². The number of carbonyl (C=O) groups is 1. The normalized spacial score (nSPS) is 19.3. The molecule has 1 aromatic rings. The van der Waals surface area contributed by atoms with E-state index in [0.717, 1.165) is 82.3 Å². The predicted octanol–water partition coefficient (Wildman–Crippen LogP) is 2.92. The SMILES string of the molecule is CN=C(NCCCOCC1CCOCC1)NCc1cccc(NC(=O)C2CCCO2)c1.I. The van der Waals surface area contributed by atoms with E-state index in [1.807, 2.05) is 24.3 Å². The molecule has 0 radical (unpaired) electrons. The molecule has 0 bridgehead atoms. The fourth-order valence-electron chi connectivity index (χ4n) is 3.72. The van der Waals surface area contributed by atoms with Crippen LogP contribution in [0.5, 0.6) is 0 Å². The number of aliphatic imine (C=N–C) groups is 1. The fraction of sp³-hybridized carbons (Fsp3) is 0.652. The van der Waals surface area contributed by atoms with Crippen molar-refractivity contribution in [3.8, 4) is 0 Å². The molecule has 9 heteroatoms. The minimum Gasteiger partial charge on any atom is -0.381 e. The predicted molar refractivity (Wildman–Crippen MR) is 137 cm³/mol. The lowest BCUT2D eigenvalue weighted by Crippen LogP contribution is -2.37. The molecule has 2 saturated heterocycles. The van der Waals surface area contributed by atoms with E-state index in [1.165, 1.54) is 0 Å². The molecule has 2 aliphatic rings. The average Bonchev–Trinajstić information content (AvgIpc) is 3.34. The van der Waals surface area contributed by atoms with Crippen molar-refractivity contribution in [3.63, 3.8) is 0 Å². The van der Waals surface area contributed by atoms with Crippen LogP contribution >= 0.6 is 24.0 Å². The molecule has 3 rings (SSSR count). The summed E-state index contributed by atoms with van der Waals surface area (Å²) in [6.45, 7) is 5.37. The second kappa shape index (κ2) is 15.4. The van der Waals surface area contributed by atoms with Gasteiger partial charge in [0.15, 0.2) is 5.96 Å². The van der Waals surface area contributed by atoms with Crippen LogP contribution in [0, 0.1) is 5.92 Å². The van der Waals surface area contributed by atoms with Crippen molar-refractivity contribution < 1.29 is 19.0 Å². The maximum absolute atomic E-state index is 12.2. The van der Waals surface area contributed by atoms with E-state index in [9.17, 15) is 4.79 Å². The zero-order valence-corrected chi connectivity index (χ0v) is 21.3. The third kappa shape index (κ3) is 9.60. The monoisotopic (exact) mass is 560 g/mol. The average molecular weight is 560 g/mol. The highest BCUT2D eigenvalue weighted by Crippen LogP contribution is 2.16. The number of amides is 1. The maximum atomic E-state index is 12.2. The van der Waals surface area contributed by atoms with Crippen molar-refractivity contribution in [2.75, 3.05) is 51.9 Å². The van der Waals surface area contributed by atoms with E-state index in [-0.39, 0.29) is 36.0 Å². The number of anilines is 1. The first-order chi connectivity index (χ1) is 15.2. The van der Waals surface area contributed by atoms with Crippen LogP contribution in [-0.4, -0.2) is 64.6 Å². The quantitative estimate of drug-likeness (QED) is 0.177. The Morgan fingerprint density at radius 2 is 2.03 bits per heavy atom. The van der Waals surface area contributed by atoms with Crippen LogP contribution in [0.2, 0.25) is 0 Å². The number of carbonyl (C=O) groups excluding carboxylic acids is 1. The Morgan fingerprint density at radius 1 is 1.19 bits per heavy atom. The summed E-state index contributed by atoms with van der Waals surface area (Å²) in [5, 5.41) is 9.57. The minimum absolute atomic E-state index is 0. The van der Waals surface area contributed by atoms with Gasteiger partial charge in [0, 0.05) is 58.9 Å². The Balaban J connectivity index is 0.00000363. The summed E-state index contributed by atoms with van der Waals surface area (Å²) in [7, 11) is 1.76. The number of ether oxygens (including phenoxy) is 3. The molecule has 0 aromatic heterocycles. The summed E-state index contributed by atoms with van der Waals surface area (Å²) >= 11 is 0. The van der Waals surface area contributed by atoms with E-state index < -0.39 is 0 Å². The second-order valence-corrected chi connectivity index (χ2v) is 8.03. The summed E-state index contributed by atoms with van der Waals surface area (Å²) in [5.74, 6) is 1.32. The summed E-state index contributed by atoms with van der Waals surface area (Å²) < 4.78 is 16.6. The van der Waals surface area contributed by atoms with Crippen LogP contribution in [-0.2, 0) is 25.5 Å². The lowest BCUT2D eigenvalue weighted by Gasteiger charge is -2.21. The van der Waals surface area contributed by atoms with Gasteiger partial charge in [0.1, 0.15) is 6.10 Å². The Hall–Kier alpha value is -1.43. The number of guanidine groups is 1. The van der Waals surface area contributed by atoms with Gasteiger partial charge in [0.25, 0.3) is 5.91 Å². The summed E-state index contributed by atoms with van der Waals surface area (Å²) in [5.41, 5.74) is 1.84. The molecule has 1 aromatic carbocycles. The number of benzene rings is 1. The van der Waals surface area contributed by atoms with Gasteiger partial charge in [-0.15, -0.1) is 24.0 Å². The Labute approximate surface area is 208 Å². The summed E-state index contributed by atoms with van der Waals surface area (Å²) in [4.78, 5) is 16.5. The lowest BCUT2D eigenvalue weighted by atomic mass is 10.0. The van der Waals surface area contributed by atoms with Gasteiger partial charge in [0.05, 0.1) is 0 Å². The van der Waals surface area contributed by atoms with Gasteiger partial charge in [-0.25, -0.2) is 0 Å². The van der Waals surface area contributed by atoms with Crippen LogP contribution in [0.4, 0.5) is 5.69 Å². The molecule has 180 valence electrons. The summed E-state index contributed by atoms with van der Waals surface area (Å²) in [6.07, 6.45) is 4.54. The molecule has 1 unspecified atom stereocenters. The molecular weight excluding hydrogens is 523 g/mol. The first kappa shape index (κ1) is 26.8. The molecule has 2 fully saturated rings. The van der Waals surface area contributed by atoms with E-state index in [4.69, 9.17) is 14.2 Å². The maximum Gasteiger partial charge on any atom is 0.253 e. The van der Waals surface area contributed by atoms with Crippen molar-refractivity contribution in [1.29, 1.82) is 0 Å². The first-order valence-electron chi connectivity index (χ1n) is 11.4. The zero-order valence-electron chi connectivity index (χ0n) is 18.9. The van der Waals surface area contributed by atoms with Crippen molar-refractivity contribution >= 4 is 41.5 Å². The molecule has 8 nitrogen and oxygen atoms in total. The van der Waals surface area contributed by atoms with E-state index in [1.54, 1.807) is 7.05 Å². The zero-order chi connectivity index (χ0) is 21.7. The van der Waals surface area contributed by atoms with Gasteiger partial charge in [-0.05, 0) is 55.7 Å².